The van der Waals surface area contributed by atoms with Crippen molar-refractivity contribution >= 4 is 46.5 Å². The Hall–Kier alpha value is -2.12. The zero-order chi connectivity index (χ0) is 21.6. The molecule has 2 aromatic rings. The van der Waals surface area contributed by atoms with Crippen LogP contribution in [-0.2, 0) is 6.54 Å². The molecule has 166 valence electrons. The van der Waals surface area contributed by atoms with Crippen LogP contribution in [0.25, 0.3) is 0 Å². The minimum Gasteiger partial charge on any atom is -0.358 e. The van der Waals surface area contributed by atoms with Crippen LogP contribution >= 0.6 is 23.8 Å². The Morgan fingerprint density at radius 3 is 2.52 bits per heavy atom. The molecule has 2 N–H and O–H groups in total. The van der Waals surface area contributed by atoms with E-state index in [0.29, 0.717) is 23.5 Å². The summed E-state index contributed by atoms with van der Waals surface area (Å²) in [6, 6.07) is 9.91. The third-order valence-corrected chi connectivity index (χ3v) is 6.60. The highest BCUT2D eigenvalue weighted by Gasteiger charge is 2.21. The molecule has 8 heteroatoms. The molecule has 0 saturated carbocycles. The molecular formula is C23H31ClN6S. The standard InChI is InChI=1S/C23H31ClN6S/c1-17-8-7-13-30(16-17)21-14-20(29-11-5-2-6-12-29)26-22(27-21)28-23(31)25-15-18-9-3-4-10-19(18)24/h3-4,9-10,14,17H,2,5-8,11-13,15-16H2,1H3,(H2,25,26,27,28,31)/t17-/m1/s1. The van der Waals surface area contributed by atoms with Crippen LogP contribution < -0.4 is 20.4 Å². The summed E-state index contributed by atoms with van der Waals surface area (Å²) in [5.74, 6) is 3.20. The maximum atomic E-state index is 6.25. The number of benzene rings is 1. The summed E-state index contributed by atoms with van der Waals surface area (Å²) in [4.78, 5) is 14.4. The molecule has 2 aliphatic rings. The van der Waals surface area contributed by atoms with E-state index in [-0.39, 0.29) is 0 Å². The lowest BCUT2D eigenvalue weighted by Crippen LogP contribution is -2.36. The average molecular weight is 459 g/mol. The molecule has 1 aromatic heterocycles. The molecule has 31 heavy (non-hydrogen) atoms. The number of hydrogen-bond donors (Lipinski definition) is 2. The fraction of sp³-hybridized carbons (Fsp3) is 0.522. The van der Waals surface area contributed by atoms with Gasteiger partial charge in [0.2, 0.25) is 5.95 Å². The number of aromatic nitrogens is 2. The second-order valence-electron chi connectivity index (χ2n) is 8.55. The van der Waals surface area contributed by atoms with Gasteiger partial charge in [-0.25, -0.2) is 0 Å². The quantitative estimate of drug-likeness (QED) is 0.621. The van der Waals surface area contributed by atoms with Crippen molar-refractivity contribution in [3.63, 3.8) is 0 Å². The summed E-state index contributed by atoms with van der Waals surface area (Å²) in [6.45, 7) is 7.02. The molecule has 3 heterocycles. The summed E-state index contributed by atoms with van der Waals surface area (Å²) < 4.78 is 0. The molecule has 0 amide bonds. The first kappa shape index (κ1) is 22.1. The molecule has 2 fully saturated rings. The van der Waals surface area contributed by atoms with Crippen molar-refractivity contribution < 1.29 is 0 Å². The van der Waals surface area contributed by atoms with Crippen LogP contribution in [0, 0.1) is 5.92 Å². The van der Waals surface area contributed by atoms with E-state index >= 15 is 0 Å². The molecule has 0 radical (unpaired) electrons. The van der Waals surface area contributed by atoms with E-state index in [1.165, 1.54) is 32.1 Å². The summed E-state index contributed by atoms with van der Waals surface area (Å²) in [5, 5.41) is 7.64. The highest BCUT2D eigenvalue weighted by Crippen LogP contribution is 2.27. The number of nitrogens with one attached hydrogen (secondary N) is 2. The highest BCUT2D eigenvalue weighted by atomic mass is 35.5. The molecule has 0 aliphatic carbocycles. The Morgan fingerprint density at radius 1 is 1.06 bits per heavy atom. The minimum atomic E-state index is 0.494. The molecule has 0 unspecified atom stereocenters. The van der Waals surface area contributed by atoms with Gasteiger partial charge < -0.3 is 20.4 Å². The molecule has 2 saturated heterocycles. The first-order valence-corrected chi connectivity index (χ1v) is 12.0. The average Bonchev–Trinajstić information content (AvgIpc) is 2.79. The number of thiocarbonyl (C=S) groups is 1. The van der Waals surface area contributed by atoms with Gasteiger partial charge in [-0.05, 0) is 61.9 Å². The molecule has 2 aliphatic heterocycles. The van der Waals surface area contributed by atoms with Crippen LogP contribution in [0.4, 0.5) is 17.6 Å². The van der Waals surface area contributed by atoms with Crippen LogP contribution in [0.2, 0.25) is 5.02 Å². The second kappa shape index (κ2) is 10.5. The van der Waals surface area contributed by atoms with Crippen LogP contribution in [0.1, 0.15) is 44.6 Å². The van der Waals surface area contributed by atoms with Crippen molar-refractivity contribution in [2.45, 2.75) is 45.6 Å². The zero-order valence-corrected chi connectivity index (χ0v) is 19.7. The van der Waals surface area contributed by atoms with E-state index in [2.05, 4.69) is 33.4 Å². The molecule has 6 nitrogen and oxygen atoms in total. The van der Waals surface area contributed by atoms with Crippen molar-refractivity contribution in [1.82, 2.24) is 15.3 Å². The van der Waals surface area contributed by atoms with Crippen molar-refractivity contribution in [3.8, 4) is 0 Å². The second-order valence-corrected chi connectivity index (χ2v) is 9.36. The van der Waals surface area contributed by atoms with E-state index in [1.54, 1.807) is 0 Å². The van der Waals surface area contributed by atoms with Crippen molar-refractivity contribution in [2.24, 2.45) is 5.92 Å². The Balaban J connectivity index is 1.50. The SMILES string of the molecule is C[C@@H]1CCCN(c2cc(N3CCCCC3)nc(NC(=S)NCc3ccccc3Cl)n2)C1. The van der Waals surface area contributed by atoms with E-state index in [0.717, 1.165) is 48.4 Å². The van der Waals surface area contributed by atoms with E-state index in [4.69, 9.17) is 33.8 Å². The summed E-state index contributed by atoms with van der Waals surface area (Å²) in [5.41, 5.74) is 0.999. The summed E-state index contributed by atoms with van der Waals surface area (Å²) in [6.07, 6.45) is 6.19. The van der Waals surface area contributed by atoms with Gasteiger partial charge in [0, 0.05) is 43.8 Å². The molecule has 1 aromatic carbocycles. The van der Waals surface area contributed by atoms with Crippen LogP contribution in [-0.4, -0.2) is 41.3 Å². The first-order chi connectivity index (χ1) is 15.1. The molecule has 1 atom stereocenters. The number of rotatable bonds is 5. The number of nitrogens with zero attached hydrogens (tertiary/aromatic N) is 4. The van der Waals surface area contributed by atoms with Crippen molar-refractivity contribution in [3.05, 3.63) is 40.9 Å². The number of hydrogen-bond acceptors (Lipinski definition) is 5. The van der Waals surface area contributed by atoms with E-state index < -0.39 is 0 Å². The number of anilines is 3. The predicted molar refractivity (Wildman–Crippen MR) is 133 cm³/mol. The van der Waals surface area contributed by atoms with Crippen molar-refractivity contribution in [2.75, 3.05) is 41.3 Å². The zero-order valence-electron chi connectivity index (χ0n) is 18.1. The van der Waals surface area contributed by atoms with Gasteiger partial charge in [0.05, 0.1) is 0 Å². The lowest BCUT2D eigenvalue weighted by Gasteiger charge is -2.33. The largest absolute Gasteiger partial charge is 0.358 e. The number of halogens is 1. The number of piperidine rings is 2. The Kier molecular flexibility index (Phi) is 7.45. The molecule has 0 bridgehead atoms. The highest BCUT2D eigenvalue weighted by molar-refractivity contribution is 7.80. The Morgan fingerprint density at radius 2 is 1.77 bits per heavy atom. The molecule has 4 rings (SSSR count). The third-order valence-electron chi connectivity index (χ3n) is 5.98. The fourth-order valence-electron chi connectivity index (χ4n) is 4.29. The lowest BCUT2D eigenvalue weighted by atomic mass is 10.0. The van der Waals surface area contributed by atoms with Gasteiger partial charge in [-0.1, -0.05) is 36.7 Å². The van der Waals surface area contributed by atoms with Gasteiger partial charge >= 0.3 is 0 Å². The van der Waals surface area contributed by atoms with Crippen LogP contribution in [0.3, 0.4) is 0 Å². The van der Waals surface area contributed by atoms with Crippen LogP contribution in [0.15, 0.2) is 30.3 Å². The predicted octanol–water partition coefficient (Wildman–Crippen LogP) is 4.84. The topological polar surface area (TPSA) is 56.3 Å². The lowest BCUT2D eigenvalue weighted by molar-refractivity contribution is 0.444. The van der Waals surface area contributed by atoms with Gasteiger partial charge in [-0.3, -0.25) is 0 Å². The maximum absolute atomic E-state index is 6.25. The fourth-order valence-corrected chi connectivity index (χ4v) is 4.65. The normalized spacial score (nSPS) is 19.2. The van der Waals surface area contributed by atoms with Gasteiger partial charge in [-0.15, -0.1) is 0 Å². The Labute approximate surface area is 195 Å². The third kappa shape index (κ3) is 5.98. The van der Waals surface area contributed by atoms with Gasteiger partial charge in [-0.2, -0.15) is 9.97 Å². The summed E-state index contributed by atoms with van der Waals surface area (Å²) in [7, 11) is 0. The maximum Gasteiger partial charge on any atom is 0.232 e. The minimum absolute atomic E-state index is 0.494. The van der Waals surface area contributed by atoms with E-state index in [1.807, 2.05) is 24.3 Å². The van der Waals surface area contributed by atoms with Gasteiger partial charge in [0.1, 0.15) is 11.6 Å². The molecule has 0 spiro atoms. The van der Waals surface area contributed by atoms with E-state index in [9.17, 15) is 0 Å². The smallest absolute Gasteiger partial charge is 0.232 e. The molecular weight excluding hydrogens is 428 g/mol. The van der Waals surface area contributed by atoms with Crippen molar-refractivity contribution in [1.29, 1.82) is 0 Å². The summed E-state index contributed by atoms with van der Waals surface area (Å²) >= 11 is 11.8. The van der Waals surface area contributed by atoms with Crippen LogP contribution in [0.5, 0.6) is 0 Å². The Bertz CT molecular complexity index is 901. The first-order valence-electron chi connectivity index (χ1n) is 11.3. The van der Waals surface area contributed by atoms with Gasteiger partial charge in [0.15, 0.2) is 5.11 Å². The monoisotopic (exact) mass is 458 g/mol. The van der Waals surface area contributed by atoms with Gasteiger partial charge in [0.25, 0.3) is 0 Å².